The van der Waals surface area contributed by atoms with Gasteiger partial charge in [0.25, 0.3) is 17.7 Å². The fraction of sp³-hybridized carbons (Fsp3) is 0.211. The normalized spacial score (nSPS) is 18.5. The van der Waals surface area contributed by atoms with Gasteiger partial charge in [-0.2, -0.15) is 0 Å². The van der Waals surface area contributed by atoms with Crippen LogP contribution in [0.15, 0.2) is 41.3 Å². The molecule has 3 amide bonds. The predicted octanol–water partition coefficient (Wildman–Crippen LogP) is 3.02. The Balaban J connectivity index is 1.60. The molecular formula is C19H15FN2O3S. The molecule has 0 bridgehead atoms. The summed E-state index contributed by atoms with van der Waals surface area (Å²) in [6, 6.07) is 8.77. The summed E-state index contributed by atoms with van der Waals surface area (Å²) in [5.41, 5.74) is 1.60. The van der Waals surface area contributed by atoms with Gasteiger partial charge in [0.1, 0.15) is 5.82 Å². The van der Waals surface area contributed by atoms with Crippen molar-refractivity contribution >= 4 is 29.5 Å². The molecule has 0 saturated heterocycles. The molecule has 2 aromatic rings. The number of imide groups is 1. The van der Waals surface area contributed by atoms with Gasteiger partial charge in [0.2, 0.25) is 0 Å². The Bertz CT molecular complexity index is 960. The van der Waals surface area contributed by atoms with Crippen LogP contribution in [0, 0.1) is 5.82 Å². The molecule has 7 heteroatoms. The molecule has 132 valence electrons. The van der Waals surface area contributed by atoms with E-state index in [4.69, 9.17) is 0 Å². The number of carbonyl (C=O) groups is 3. The number of thioether (sulfide) groups is 1. The number of rotatable bonds is 2. The number of carbonyl (C=O) groups excluding carboxylic acids is 3. The van der Waals surface area contributed by atoms with E-state index in [9.17, 15) is 18.8 Å². The summed E-state index contributed by atoms with van der Waals surface area (Å²) in [5, 5.41) is 2.92. The molecule has 0 fully saturated rings. The third kappa shape index (κ3) is 2.68. The second-order valence-corrected chi connectivity index (χ2v) is 7.41. The summed E-state index contributed by atoms with van der Waals surface area (Å²) in [7, 11) is 1.41. The van der Waals surface area contributed by atoms with Crippen LogP contribution in [0.4, 0.5) is 4.39 Å². The van der Waals surface area contributed by atoms with Crippen molar-refractivity contribution in [2.24, 2.45) is 0 Å². The minimum Gasteiger partial charge on any atom is -0.345 e. The largest absolute Gasteiger partial charge is 0.345 e. The highest BCUT2D eigenvalue weighted by Crippen LogP contribution is 2.36. The topological polar surface area (TPSA) is 66.5 Å². The van der Waals surface area contributed by atoms with Crippen LogP contribution in [0.25, 0.3) is 0 Å². The van der Waals surface area contributed by atoms with E-state index in [0.29, 0.717) is 17.5 Å². The van der Waals surface area contributed by atoms with Crippen molar-refractivity contribution in [2.75, 3.05) is 12.8 Å². The van der Waals surface area contributed by atoms with E-state index in [1.165, 1.54) is 37.4 Å². The lowest BCUT2D eigenvalue weighted by molar-refractivity contribution is 0.0693. The summed E-state index contributed by atoms with van der Waals surface area (Å²) in [4.78, 5) is 38.7. The highest BCUT2D eigenvalue weighted by Gasteiger charge is 2.33. The van der Waals surface area contributed by atoms with Crippen LogP contribution in [-0.2, 0) is 0 Å². The van der Waals surface area contributed by atoms with Crippen molar-refractivity contribution < 1.29 is 18.8 Å². The Morgan fingerprint density at radius 3 is 2.73 bits per heavy atom. The second-order valence-electron chi connectivity index (χ2n) is 6.28. The first-order chi connectivity index (χ1) is 12.5. The number of nitrogens with zero attached hydrogens (tertiary/aromatic N) is 1. The number of benzene rings is 2. The van der Waals surface area contributed by atoms with Gasteiger partial charge in [-0.25, -0.2) is 4.39 Å². The Hall–Kier alpha value is -2.67. The molecule has 0 spiro atoms. The van der Waals surface area contributed by atoms with Crippen molar-refractivity contribution in [2.45, 2.75) is 17.4 Å². The van der Waals surface area contributed by atoms with Crippen molar-refractivity contribution in [1.29, 1.82) is 0 Å². The van der Waals surface area contributed by atoms with Crippen LogP contribution < -0.4 is 5.32 Å². The van der Waals surface area contributed by atoms with Gasteiger partial charge in [0, 0.05) is 23.3 Å². The van der Waals surface area contributed by atoms with E-state index >= 15 is 0 Å². The zero-order chi connectivity index (χ0) is 18.4. The number of fused-ring (bicyclic) bond motifs is 2. The minimum absolute atomic E-state index is 0.232. The minimum atomic E-state index is -0.416. The molecule has 2 aliphatic rings. The molecule has 0 aromatic heterocycles. The zero-order valence-electron chi connectivity index (χ0n) is 13.9. The van der Waals surface area contributed by atoms with E-state index in [0.717, 1.165) is 21.1 Å². The number of nitrogens with one attached hydrogen (secondary N) is 1. The molecule has 2 aliphatic heterocycles. The average molecular weight is 370 g/mol. The van der Waals surface area contributed by atoms with E-state index in [1.807, 2.05) is 0 Å². The number of hydrogen-bond acceptors (Lipinski definition) is 4. The van der Waals surface area contributed by atoms with Gasteiger partial charge < -0.3 is 5.32 Å². The third-order valence-electron chi connectivity index (χ3n) is 4.67. The first kappa shape index (κ1) is 16.8. The molecule has 2 aromatic carbocycles. The first-order valence-electron chi connectivity index (χ1n) is 8.15. The predicted molar refractivity (Wildman–Crippen MR) is 94.8 cm³/mol. The second kappa shape index (κ2) is 6.25. The molecule has 1 unspecified atom stereocenters. The van der Waals surface area contributed by atoms with Gasteiger partial charge in [-0.15, -0.1) is 11.8 Å². The molecule has 1 atom stereocenters. The van der Waals surface area contributed by atoms with Crippen molar-refractivity contribution in [3.05, 3.63) is 64.5 Å². The van der Waals surface area contributed by atoms with Crippen LogP contribution in [0.2, 0.25) is 0 Å². The third-order valence-corrected chi connectivity index (χ3v) is 5.79. The Labute approximate surface area is 153 Å². The lowest BCUT2D eigenvalue weighted by Crippen LogP contribution is -2.31. The van der Waals surface area contributed by atoms with Crippen molar-refractivity contribution in [3.63, 3.8) is 0 Å². The molecule has 1 N–H and O–H groups in total. The van der Waals surface area contributed by atoms with Gasteiger partial charge in [-0.1, -0.05) is 0 Å². The summed E-state index contributed by atoms with van der Waals surface area (Å²) in [6.45, 7) is 0. The Morgan fingerprint density at radius 1 is 1.15 bits per heavy atom. The monoisotopic (exact) mass is 370 g/mol. The van der Waals surface area contributed by atoms with E-state index in [1.54, 1.807) is 17.8 Å². The standard InChI is InChI=1S/C19H15FN2O3S/c1-22-18(24)12-4-2-10(8-13(12)19(22)25)17(23)21-15-6-7-26-16-5-3-11(20)9-14(15)16/h2-5,8-9,15H,6-7H2,1H3,(H,21,23). The summed E-state index contributed by atoms with van der Waals surface area (Å²) in [5.74, 6) is -0.650. The maximum Gasteiger partial charge on any atom is 0.261 e. The van der Waals surface area contributed by atoms with Gasteiger partial charge >= 0.3 is 0 Å². The maximum atomic E-state index is 13.6. The smallest absolute Gasteiger partial charge is 0.261 e. The fourth-order valence-corrected chi connectivity index (χ4v) is 4.36. The van der Waals surface area contributed by atoms with Crippen LogP contribution in [0.5, 0.6) is 0 Å². The molecule has 26 heavy (non-hydrogen) atoms. The highest BCUT2D eigenvalue weighted by molar-refractivity contribution is 7.99. The first-order valence-corrected chi connectivity index (χ1v) is 9.14. The van der Waals surface area contributed by atoms with Gasteiger partial charge in [0.05, 0.1) is 17.2 Å². The fourth-order valence-electron chi connectivity index (χ4n) is 3.26. The summed E-state index contributed by atoms with van der Waals surface area (Å²) >= 11 is 1.64. The van der Waals surface area contributed by atoms with Gasteiger partial charge in [-0.3, -0.25) is 19.3 Å². The van der Waals surface area contributed by atoms with E-state index < -0.39 is 5.91 Å². The van der Waals surface area contributed by atoms with Crippen molar-refractivity contribution in [1.82, 2.24) is 10.2 Å². The van der Waals surface area contributed by atoms with Crippen LogP contribution in [0.1, 0.15) is 49.1 Å². The van der Waals surface area contributed by atoms with Gasteiger partial charge in [0.15, 0.2) is 0 Å². The summed E-state index contributed by atoms with van der Waals surface area (Å²) < 4.78 is 13.6. The Kier molecular flexibility index (Phi) is 4.03. The van der Waals surface area contributed by atoms with Crippen LogP contribution in [0.3, 0.4) is 0 Å². The molecule has 5 nitrogen and oxygen atoms in total. The molecule has 4 rings (SSSR count). The molecule has 0 saturated carbocycles. The number of halogens is 1. The summed E-state index contributed by atoms with van der Waals surface area (Å²) in [6.07, 6.45) is 0.692. The molecule has 2 heterocycles. The molecule has 0 radical (unpaired) electrons. The SMILES string of the molecule is CN1C(=O)c2ccc(C(=O)NC3CCSc4ccc(F)cc43)cc2C1=O. The maximum absolute atomic E-state index is 13.6. The van der Waals surface area contributed by atoms with Crippen molar-refractivity contribution in [3.8, 4) is 0 Å². The van der Waals surface area contributed by atoms with E-state index in [2.05, 4.69) is 5.32 Å². The number of amides is 3. The number of hydrogen-bond donors (Lipinski definition) is 1. The quantitative estimate of drug-likeness (QED) is 0.826. The van der Waals surface area contributed by atoms with E-state index in [-0.39, 0.29) is 29.2 Å². The average Bonchev–Trinajstić information content (AvgIpc) is 2.86. The van der Waals surface area contributed by atoms with Crippen LogP contribution >= 0.6 is 11.8 Å². The molecule has 0 aliphatic carbocycles. The molecular weight excluding hydrogens is 355 g/mol. The van der Waals surface area contributed by atoms with Crippen LogP contribution in [-0.4, -0.2) is 35.4 Å². The zero-order valence-corrected chi connectivity index (χ0v) is 14.7. The lowest BCUT2D eigenvalue weighted by atomic mass is 10.0. The van der Waals surface area contributed by atoms with Gasteiger partial charge in [-0.05, 0) is 48.4 Å². The lowest BCUT2D eigenvalue weighted by Gasteiger charge is -2.26. The highest BCUT2D eigenvalue weighted by atomic mass is 32.2. The Morgan fingerprint density at radius 2 is 1.92 bits per heavy atom.